The van der Waals surface area contributed by atoms with Gasteiger partial charge < -0.3 is 15.6 Å². The molecule has 0 aliphatic rings. The van der Waals surface area contributed by atoms with E-state index in [-0.39, 0.29) is 23.1 Å². The van der Waals surface area contributed by atoms with Crippen LogP contribution in [0.2, 0.25) is 0 Å². The van der Waals surface area contributed by atoms with Crippen LogP contribution in [0.1, 0.15) is 11.1 Å². The largest absolute Gasteiger partial charge is 0.333 e. The summed E-state index contributed by atoms with van der Waals surface area (Å²) in [4.78, 5) is 47.8. The number of fused-ring (bicyclic) bond motifs is 1. The number of anilines is 4. The third-order valence-electron chi connectivity index (χ3n) is 7.71. The normalized spacial score (nSPS) is 10.8. The fraction of sp³-hybridized carbons (Fsp3) is 0.0556. The number of aromatic nitrogens is 7. The van der Waals surface area contributed by atoms with Gasteiger partial charge in [-0.05, 0) is 54.1 Å². The fourth-order valence-electron chi connectivity index (χ4n) is 5.25. The third kappa shape index (κ3) is 6.56. The maximum Gasteiger partial charge on any atom is 0.327 e. The lowest BCUT2D eigenvalue weighted by molar-refractivity contribution is 0.248. The molecule has 0 saturated carbocycles. The van der Waals surface area contributed by atoms with E-state index in [1.807, 2.05) is 49.6 Å². The van der Waals surface area contributed by atoms with Gasteiger partial charge in [0.05, 0.1) is 46.6 Å². The first kappa shape index (κ1) is 30.5. The quantitative estimate of drug-likeness (QED) is 0.184. The topological polar surface area (TPSA) is 170 Å². The Balaban J connectivity index is 1.16. The Morgan fingerprint density at radius 1 is 0.918 bits per heavy atom. The molecule has 13 nitrogen and oxygen atoms in total. The van der Waals surface area contributed by atoms with Gasteiger partial charge in [0.2, 0.25) is 5.95 Å². The lowest BCUT2D eigenvalue weighted by atomic mass is 10.1. The third-order valence-corrected chi connectivity index (χ3v) is 7.71. The predicted molar refractivity (Wildman–Crippen MR) is 185 cm³/mol. The van der Waals surface area contributed by atoms with Crippen LogP contribution >= 0.6 is 0 Å². The average Bonchev–Trinajstić information content (AvgIpc) is 3.58. The van der Waals surface area contributed by atoms with E-state index in [9.17, 15) is 14.9 Å². The van der Waals surface area contributed by atoms with Crippen molar-refractivity contribution in [3.63, 3.8) is 0 Å². The molecule has 3 aromatic carbocycles. The summed E-state index contributed by atoms with van der Waals surface area (Å²) < 4.78 is 1.72. The molecule has 7 rings (SSSR count). The average molecular weight is 646 g/mol. The van der Waals surface area contributed by atoms with E-state index >= 15 is 0 Å². The van der Waals surface area contributed by atoms with Crippen molar-refractivity contribution < 1.29 is 4.79 Å². The first-order valence-electron chi connectivity index (χ1n) is 15.1. The molecule has 0 radical (unpaired) electrons. The molecule has 0 unspecified atom stereocenters. The van der Waals surface area contributed by atoms with E-state index in [4.69, 9.17) is 0 Å². The molecule has 0 bridgehead atoms. The summed E-state index contributed by atoms with van der Waals surface area (Å²) in [6.45, 7) is 0.337. The molecule has 238 valence electrons. The van der Waals surface area contributed by atoms with Gasteiger partial charge >= 0.3 is 6.03 Å². The molecule has 0 aliphatic heterocycles. The highest BCUT2D eigenvalue weighted by Gasteiger charge is 2.20. The van der Waals surface area contributed by atoms with Gasteiger partial charge in [-0.2, -0.15) is 10.4 Å². The van der Waals surface area contributed by atoms with Gasteiger partial charge in [-0.1, -0.05) is 36.4 Å². The number of aryl methyl sites for hydroxylation is 1. The summed E-state index contributed by atoms with van der Waals surface area (Å²) in [6.07, 6.45) is 8.13. The standard InChI is InChI=1S/C36H27N11O2/c1-46-21-27(20-43-46)25-8-14-32(38-18-25)47(36(49)40-17-23-5-3-2-4-6-23)29-11-9-28(10-12-29)44-35-39-19-26(16-37)33(45-35)24-7-13-31-30(15-24)34(48)42-22-41-31/h2-15,18-22H,17H2,1H3,(H,40,49)(H,39,44,45)(H,41,42,48). The number of amides is 2. The number of urea groups is 1. The number of pyridine rings is 1. The lowest BCUT2D eigenvalue weighted by Gasteiger charge is -2.23. The maximum absolute atomic E-state index is 13.7. The van der Waals surface area contributed by atoms with Gasteiger partial charge in [-0.3, -0.25) is 9.48 Å². The monoisotopic (exact) mass is 645 g/mol. The van der Waals surface area contributed by atoms with Crippen LogP contribution in [0.25, 0.3) is 33.3 Å². The van der Waals surface area contributed by atoms with Crippen molar-refractivity contribution in [1.82, 2.24) is 40.0 Å². The molecule has 3 N–H and O–H groups in total. The number of nitrogens with one attached hydrogen (secondary N) is 3. The van der Waals surface area contributed by atoms with Crippen LogP contribution in [0.5, 0.6) is 0 Å². The Labute approximate surface area is 279 Å². The van der Waals surface area contributed by atoms with Crippen LogP contribution in [0.3, 0.4) is 0 Å². The van der Waals surface area contributed by atoms with E-state index in [0.29, 0.717) is 45.9 Å². The van der Waals surface area contributed by atoms with E-state index in [0.717, 1.165) is 16.7 Å². The number of benzene rings is 3. The summed E-state index contributed by atoms with van der Waals surface area (Å²) in [5, 5.41) is 20.5. The van der Waals surface area contributed by atoms with Crippen molar-refractivity contribution >= 4 is 40.1 Å². The van der Waals surface area contributed by atoms with Gasteiger partial charge in [-0.15, -0.1) is 0 Å². The Bertz CT molecular complexity index is 2380. The van der Waals surface area contributed by atoms with Gasteiger partial charge in [0, 0.05) is 48.4 Å². The van der Waals surface area contributed by atoms with E-state index in [2.05, 4.69) is 46.7 Å². The van der Waals surface area contributed by atoms with Gasteiger partial charge in [0.25, 0.3) is 5.56 Å². The predicted octanol–water partition coefficient (Wildman–Crippen LogP) is 5.84. The van der Waals surface area contributed by atoms with Crippen LogP contribution in [0.4, 0.5) is 27.9 Å². The summed E-state index contributed by atoms with van der Waals surface area (Å²) in [5.74, 6) is 0.676. The van der Waals surface area contributed by atoms with Crippen molar-refractivity contribution in [2.24, 2.45) is 7.05 Å². The molecular weight excluding hydrogens is 618 g/mol. The molecule has 4 heterocycles. The zero-order chi connectivity index (χ0) is 33.7. The summed E-state index contributed by atoms with van der Waals surface area (Å²) >= 11 is 0. The first-order valence-corrected chi connectivity index (χ1v) is 15.1. The highest BCUT2D eigenvalue weighted by molar-refractivity contribution is 5.98. The Morgan fingerprint density at radius 3 is 2.47 bits per heavy atom. The second-order valence-corrected chi connectivity index (χ2v) is 11.0. The van der Waals surface area contributed by atoms with Crippen molar-refractivity contribution in [2.75, 3.05) is 10.2 Å². The highest BCUT2D eigenvalue weighted by atomic mass is 16.2. The fourth-order valence-corrected chi connectivity index (χ4v) is 5.25. The number of nitrogens with zero attached hydrogens (tertiary/aromatic N) is 8. The van der Waals surface area contributed by atoms with Gasteiger partial charge in [-0.25, -0.2) is 29.6 Å². The van der Waals surface area contributed by atoms with Crippen LogP contribution in [0.15, 0.2) is 121 Å². The SMILES string of the molecule is Cn1cc(-c2ccc(N(C(=O)NCc3ccccc3)c3ccc(Nc4ncc(C#N)c(-c5ccc6nc[nH]c(=O)c6c5)n4)cc3)nc2)cn1. The van der Waals surface area contributed by atoms with Crippen LogP contribution in [-0.2, 0) is 13.6 Å². The van der Waals surface area contributed by atoms with Crippen molar-refractivity contribution in [1.29, 1.82) is 5.26 Å². The minimum Gasteiger partial charge on any atom is -0.333 e. The zero-order valence-electron chi connectivity index (χ0n) is 26.1. The number of hydrogen-bond donors (Lipinski definition) is 3. The smallest absolute Gasteiger partial charge is 0.327 e. The molecule has 2 amide bonds. The molecule has 0 spiro atoms. The van der Waals surface area contributed by atoms with Crippen molar-refractivity contribution in [3.8, 4) is 28.5 Å². The first-order chi connectivity index (χ1) is 23.9. The lowest BCUT2D eigenvalue weighted by Crippen LogP contribution is -2.37. The zero-order valence-corrected chi connectivity index (χ0v) is 26.1. The minimum atomic E-state index is -0.351. The minimum absolute atomic E-state index is 0.243. The maximum atomic E-state index is 13.7. The van der Waals surface area contributed by atoms with Gasteiger partial charge in [0.15, 0.2) is 0 Å². The number of hydrogen-bond acceptors (Lipinski definition) is 9. The molecule has 49 heavy (non-hydrogen) atoms. The van der Waals surface area contributed by atoms with E-state index in [1.54, 1.807) is 65.6 Å². The van der Waals surface area contributed by atoms with Crippen molar-refractivity contribution in [2.45, 2.75) is 6.54 Å². The number of carbonyl (C=O) groups excluding carboxylic acids is 1. The summed E-state index contributed by atoms with van der Waals surface area (Å²) in [7, 11) is 1.85. The van der Waals surface area contributed by atoms with Gasteiger partial charge in [0.1, 0.15) is 11.9 Å². The summed E-state index contributed by atoms with van der Waals surface area (Å²) in [6, 6.07) is 27.4. The molecule has 7 aromatic rings. The molecule has 0 saturated heterocycles. The van der Waals surface area contributed by atoms with E-state index in [1.165, 1.54) is 17.4 Å². The highest BCUT2D eigenvalue weighted by Crippen LogP contribution is 2.29. The second-order valence-electron chi connectivity index (χ2n) is 11.0. The summed E-state index contributed by atoms with van der Waals surface area (Å²) in [5.41, 5.74) is 5.39. The molecule has 0 aliphatic carbocycles. The molecular formula is C36H27N11O2. The Kier molecular flexibility index (Phi) is 8.24. The molecule has 0 atom stereocenters. The van der Waals surface area contributed by atoms with Crippen LogP contribution in [0, 0.1) is 11.3 Å². The number of carbonyl (C=O) groups is 1. The Morgan fingerprint density at radius 2 is 1.73 bits per heavy atom. The van der Waals surface area contributed by atoms with Crippen LogP contribution < -0.4 is 21.1 Å². The number of nitriles is 1. The molecule has 4 aromatic heterocycles. The second kappa shape index (κ2) is 13.3. The molecule has 13 heteroatoms. The Hall–Kier alpha value is -7.20. The van der Waals surface area contributed by atoms with E-state index < -0.39 is 0 Å². The molecule has 0 fully saturated rings. The van der Waals surface area contributed by atoms with Crippen molar-refractivity contribution in [3.05, 3.63) is 138 Å². The number of H-pyrrole nitrogens is 1. The van der Waals surface area contributed by atoms with Crippen LogP contribution in [-0.4, -0.2) is 40.7 Å². The number of aromatic amines is 1. The number of rotatable bonds is 8.